The van der Waals surface area contributed by atoms with Crippen molar-refractivity contribution >= 4 is 16.9 Å². The zero-order valence-corrected chi connectivity index (χ0v) is 12.6. The first-order chi connectivity index (χ1) is 10.1. The third-order valence-electron chi connectivity index (χ3n) is 3.82. The number of hydrogen-bond acceptors (Lipinski definition) is 2. The van der Waals surface area contributed by atoms with Crippen molar-refractivity contribution in [1.82, 2.24) is 15.2 Å². The Morgan fingerprint density at radius 3 is 2.95 bits per heavy atom. The van der Waals surface area contributed by atoms with Gasteiger partial charge in [0.25, 0.3) is 0 Å². The number of aromatic amines is 1. The molecule has 1 heterocycles. The highest BCUT2D eigenvalue weighted by atomic mass is 16.3. The van der Waals surface area contributed by atoms with Crippen molar-refractivity contribution in [1.29, 1.82) is 0 Å². The second kappa shape index (κ2) is 7.13. The summed E-state index contributed by atoms with van der Waals surface area (Å²) in [5.41, 5.74) is 2.42. The Bertz CT molecular complexity index is 594. The lowest BCUT2D eigenvalue weighted by molar-refractivity contribution is 0.157. The van der Waals surface area contributed by atoms with E-state index in [1.54, 1.807) is 7.05 Å². The average molecular weight is 289 g/mol. The lowest BCUT2D eigenvalue weighted by atomic mass is 10.1. The zero-order chi connectivity index (χ0) is 15.2. The predicted octanol–water partition coefficient (Wildman–Crippen LogP) is 2.12. The Kier molecular flexibility index (Phi) is 5.22. The molecule has 0 spiro atoms. The first-order valence-electron chi connectivity index (χ1n) is 7.30. The van der Waals surface area contributed by atoms with Crippen LogP contribution in [0.4, 0.5) is 4.79 Å². The summed E-state index contributed by atoms with van der Waals surface area (Å²) in [6, 6.07) is 7.91. The maximum Gasteiger partial charge on any atom is 0.317 e. The number of likely N-dealkylation sites (N-methyl/N-ethyl adjacent to an activating group) is 1. The molecule has 1 aromatic heterocycles. The van der Waals surface area contributed by atoms with Crippen LogP contribution in [0.1, 0.15) is 18.9 Å². The van der Waals surface area contributed by atoms with E-state index in [1.165, 1.54) is 15.8 Å². The van der Waals surface area contributed by atoms with E-state index in [2.05, 4.69) is 22.4 Å². The minimum absolute atomic E-state index is 0.0285. The van der Waals surface area contributed by atoms with E-state index in [1.807, 2.05) is 25.3 Å². The molecule has 2 amide bonds. The van der Waals surface area contributed by atoms with Gasteiger partial charge in [0.1, 0.15) is 0 Å². The molecule has 2 rings (SSSR count). The SMILES string of the molecule is CC(CO)N(C)C(=O)NCCCc1c[nH]c2ccccc12. The van der Waals surface area contributed by atoms with Crippen molar-refractivity contribution in [2.75, 3.05) is 20.2 Å². The molecule has 5 heteroatoms. The average Bonchev–Trinajstić information content (AvgIpc) is 2.93. The summed E-state index contributed by atoms with van der Waals surface area (Å²) in [6.45, 7) is 2.41. The fraction of sp³-hybridized carbons (Fsp3) is 0.438. The molecule has 0 saturated heterocycles. The van der Waals surface area contributed by atoms with Gasteiger partial charge in [0, 0.05) is 30.7 Å². The summed E-state index contributed by atoms with van der Waals surface area (Å²) < 4.78 is 0. The fourth-order valence-electron chi connectivity index (χ4n) is 2.26. The van der Waals surface area contributed by atoms with Crippen molar-refractivity contribution in [2.24, 2.45) is 0 Å². The fourth-order valence-corrected chi connectivity index (χ4v) is 2.26. The van der Waals surface area contributed by atoms with Crippen LogP contribution in [-0.2, 0) is 6.42 Å². The third-order valence-corrected chi connectivity index (χ3v) is 3.82. The maximum atomic E-state index is 11.8. The van der Waals surface area contributed by atoms with E-state index in [-0.39, 0.29) is 18.7 Å². The van der Waals surface area contributed by atoms with Crippen LogP contribution in [0, 0.1) is 0 Å². The van der Waals surface area contributed by atoms with E-state index in [4.69, 9.17) is 5.11 Å². The largest absolute Gasteiger partial charge is 0.394 e. The summed E-state index contributed by atoms with van der Waals surface area (Å²) in [6.07, 6.45) is 3.84. The highest BCUT2D eigenvalue weighted by Crippen LogP contribution is 2.18. The molecule has 0 aliphatic heterocycles. The van der Waals surface area contributed by atoms with Crippen molar-refractivity contribution in [3.05, 3.63) is 36.0 Å². The number of carbonyl (C=O) groups excluding carboxylic acids is 1. The molecule has 114 valence electrons. The molecule has 1 atom stereocenters. The van der Waals surface area contributed by atoms with Gasteiger partial charge in [0.15, 0.2) is 0 Å². The molecule has 0 aliphatic carbocycles. The van der Waals surface area contributed by atoms with Crippen molar-refractivity contribution in [3.8, 4) is 0 Å². The minimum Gasteiger partial charge on any atom is -0.394 e. The van der Waals surface area contributed by atoms with Gasteiger partial charge in [-0.2, -0.15) is 0 Å². The van der Waals surface area contributed by atoms with Gasteiger partial charge in [-0.05, 0) is 31.4 Å². The first-order valence-corrected chi connectivity index (χ1v) is 7.30. The van der Waals surface area contributed by atoms with Crippen LogP contribution >= 0.6 is 0 Å². The predicted molar refractivity (Wildman–Crippen MR) is 84.3 cm³/mol. The smallest absolute Gasteiger partial charge is 0.317 e. The van der Waals surface area contributed by atoms with E-state index < -0.39 is 0 Å². The number of nitrogens with one attached hydrogen (secondary N) is 2. The zero-order valence-electron chi connectivity index (χ0n) is 12.6. The monoisotopic (exact) mass is 289 g/mol. The number of rotatable bonds is 6. The second-order valence-corrected chi connectivity index (χ2v) is 5.34. The van der Waals surface area contributed by atoms with E-state index in [0.29, 0.717) is 6.54 Å². The van der Waals surface area contributed by atoms with Crippen molar-refractivity contribution in [3.63, 3.8) is 0 Å². The lowest BCUT2D eigenvalue weighted by Crippen LogP contribution is -2.44. The highest BCUT2D eigenvalue weighted by Gasteiger charge is 2.13. The Labute approximate surface area is 125 Å². The third kappa shape index (κ3) is 3.76. The topological polar surface area (TPSA) is 68.4 Å². The van der Waals surface area contributed by atoms with Gasteiger partial charge in [-0.15, -0.1) is 0 Å². The number of para-hydroxylation sites is 1. The number of nitrogens with zero attached hydrogens (tertiary/aromatic N) is 1. The van der Waals surface area contributed by atoms with E-state index in [0.717, 1.165) is 18.4 Å². The molecule has 2 aromatic rings. The van der Waals surface area contributed by atoms with Crippen LogP contribution in [-0.4, -0.2) is 47.3 Å². The Morgan fingerprint density at radius 2 is 2.19 bits per heavy atom. The summed E-state index contributed by atoms with van der Waals surface area (Å²) in [4.78, 5) is 16.6. The summed E-state index contributed by atoms with van der Waals surface area (Å²) >= 11 is 0. The molecular formula is C16H23N3O2. The van der Waals surface area contributed by atoms with Gasteiger partial charge in [0.05, 0.1) is 12.6 Å². The number of H-pyrrole nitrogens is 1. The van der Waals surface area contributed by atoms with Gasteiger partial charge in [-0.25, -0.2) is 4.79 Å². The molecule has 0 fully saturated rings. The molecule has 21 heavy (non-hydrogen) atoms. The van der Waals surface area contributed by atoms with Crippen LogP contribution in [0.25, 0.3) is 10.9 Å². The number of aryl methyl sites for hydroxylation is 1. The Morgan fingerprint density at radius 1 is 1.43 bits per heavy atom. The highest BCUT2D eigenvalue weighted by molar-refractivity contribution is 5.83. The Balaban J connectivity index is 1.78. The Hall–Kier alpha value is -2.01. The number of aliphatic hydroxyl groups is 1. The first kappa shape index (κ1) is 15.4. The van der Waals surface area contributed by atoms with Crippen LogP contribution in [0.15, 0.2) is 30.5 Å². The molecular weight excluding hydrogens is 266 g/mol. The van der Waals surface area contributed by atoms with E-state index >= 15 is 0 Å². The number of carbonyl (C=O) groups is 1. The second-order valence-electron chi connectivity index (χ2n) is 5.34. The lowest BCUT2D eigenvalue weighted by Gasteiger charge is -2.23. The van der Waals surface area contributed by atoms with Crippen LogP contribution in [0.5, 0.6) is 0 Å². The summed E-state index contributed by atoms with van der Waals surface area (Å²) in [7, 11) is 1.69. The number of aromatic nitrogens is 1. The number of urea groups is 1. The van der Waals surface area contributed by atoms with Gasteiger partial charge in [0.2, 0.25) is 0 Å². The van der Waals surface area contributed by atoms with Crippen molar-refractivity contribution < 1.29 is 9.90 Å². The summed E-state index contributed by atoms with van der Waals surface area (Å²) in [5.74, 6) is 0. The molecule has 0 aliphatic rings. The van der Waals surface area contributed by atoms with Crippen LogP contribution in [0.2, 0.25) is 0 Å². The van der Waals surface area contributed by atoms with Crippen LogP contribution in [0.3, 0.4) is 0 Å². The quantitative estimate of drug-likeness (QED) is 0.713. The summed E-state index contributed by atoms with van der Waals surface area (Å²) in [5, 5.41) is 13.1. The van der Waals surface area contributed by atoms with Crippen LogP contribution < -0.4 is 5.32 Å². The molecule has 1 unspecified atom stereocenters. The van der Waals surface area contributed by atoms with E-state index in [9.17, 15) is 4.79 Å². The van der Waals surface area contributed by atoms with Crippen molar-refractivity contribution in [2.45, 2.75) is 25.8 Å². The number of benzene rings is 1. The maximum absolute atomic E-state index is 11.8. The van der Waals surface area contributed by atoms with Gasteiger partial charge in [-0.1, -0.05) is 18.2 Å². The number of aliphatic hydroxyl groups excluding tert-OH is 1. The number of hydrogen-bond donors (Lipinski definition) is 3. The normalized spacial score (nSPS) is 12.3. The molecule has 0 radical (unpaired) electrons. The van der Waals surface area contributed by atoms with Gasteiger partial charge in [-0.3, -0.25) is 0 Å². The van der Waals surface area contributed by atoms with Gasteiger partial charge >= 0.3 is 6.03 Å². The standard InChI is InChI=1S/C16H23N3O2/c1-12(11-20)19(2)16(21)17-9-5-6-13-10-18-15-8-4-3-7-14(13)15/h3-4,7-8,10,12,18,20H,5-6,9,11H2,1-2H3,(H,17,21). The van der Waals surface area contributed by atoms with Gasteiger partial charge < -0.3 is 20.3 Å². The molecule has 0 bridgehead atoms. The molecule has 1 aromatic carbocycles. The molecule has 5 nitrogen and oxygen atoms in total. The minimum atomic E-state index is -0.168. The molecule has 0 saturated carbocycles. The molecule has 3 N–H and O–H groups in total. The number of amides is 2. The number of fused-ring (bicyclic) bond motifs is 1.